The number of aromatic nitrogens is 1. The van der Waals surface area contributed by atoms with Crippen LogP contribution < -0.4 is 10.6 Å². The summed E-state index contributed by atoms with van der Waals surface area (Å²) in [5.41, 5.74) is 0.559. The maximum atomic E-state index is 11.5. The lowest BCUT2D eigenvalue weighted by molar-refractivity contribution is -0.138. The van der Waals surface area contributed by atoms with Crippen LogP contribution in [0.3, 0.4) is 0 Å². The molecule has 0 aliphatic carbocycles. The minimum atomic E-state index is -0.986. The third kappa shape index (κ3) is 6.93. The predicted octanol–water partition coefficient (Wildman–Crippen LogP) is 1.02. The Balaban J connectivity index is 1.64. The van der Waals surface area contributed by atoms with Gasteiger partial charge in [0.25, 0.3) is 0 Å². The first-order valence-corrected chi connectivity index (χ1v) is 8.15. The summed E-state index contributed by atoms with van der Waals surface area (Å²) < 4.78 is 5.31. The lowest BCUT2D eigenvalue weighted by Gasteiger charge is -2.26. The summed E-state index contributed by atoms with van der Waals surface area (Å²) in [4.78, 5) is 28.6. The maximum Gasteiger partial charge on any atom is 0.303 e. The molecule has 0 atom stereocenters. The normalized spacial score (nSPS) is 15.0. The van der Waals surface area contributed by atoms with E-state index in [2.05, 4.69) is 20.5 Å². The van der Waals surface area contributed by atoms with Crippen molar-refractivity contribution in [3.8, 4) is 0 Å². The van der Waals surface area contributed by atoms with E-state index in [0.717, 1.165) is 51.6 Å². The van der Waals surface area contributed by atoms with Crippen molar-refractivity contribution in [1.29, 1.82) is 0 Å². The van der Waals surface area contributed by atoms with Gasteiger partial charge in [0.05, 0.1) is 31.5 Å². The highest BCUT2D eigenvalue weighted by molar-refractivity contribution is 5.92. The number of carboxylic acids is 1. The standard InChI is InChI=1S/C16H24N4O4/c21-15(4-5-16(22)23)19-13-2-3-14(18-12-13)17-6-1-7-20-8-10-24-11-9-20/h2-3,12H,1,4-11H2,(H,17,18)(H,19,21)(H,22,23). The van der Waals surface area contributed by atoms with Gasteiger partial charge in [-0.3, -0.25) is 14.5 Å². The molecule has 1 aromatic heterocycles. The number of rotatable bonds is 9. The molecule has 3 N–H and O–H groups in total. The van der Waals surface area contributed by atoms with Gasteiger partial charge in [0, 0.05) is 26.1 Å². The van der Waals surface area contributed by atoms with Crippen LogP contribution in [0.2, 0.25) is 0 Å². The number of ether oxygens (including phenoxy) is 1. The zero-order chi connectivity index (χ0) is 17.2. The number of anilines is 2. The van der Waals surface area contributed by atoms with Crippen LogP contribution in [0.5, 0.6) is 0 Å². The van der Waals surface area contributed by atoms with Crippen molar-refractivity contribution in [1.82, 2.24) is 9.88 Å². The van der Waals surface area contributed by atoms with Gasteiger partial charge in [-0.25, -0.2) is 4.98 Å². The molecule has 2 heterocycles. The predicted molar refractivity (Wildman–Crippen MR) is 90.1 cm³/mol. The summed E-state index contributed by atoms with van der Waals surface area (Å²) in [7, 11) is 0. The molecule has 24 heavy (non-hydrogen) atoms. The molecule has 1 amide bonds. The number of carboxylic acid groups (broad SMARTS) is 1. The summed E-state index contributed by atoms with van der Waals surface area (Å²) in [5.74, 6) is -0.564. The number of amides is 1. The number of nitrogens with zero attached hydrogens (tertiary/aromatic N) is 2. The van der Waals surface area contributed by atoms with Gasteiger partial charge in [-0.2, -0.15) is 0 Å². The van der Waals surface area contributed by atoms with E-state index < -0.39 is 5.97 Å². The Hall–Kier alpha value is -2.19. The topological polar surface area (TPSA) is 104 Å². The van der Waals surface area contributed by atoms with E-state index in [-0.39, 0.29) is 18.7 Å². The van der Waals surface area contributed by atoms with E-state index in [4.69, 9.17) is 9.84 Å². The minimum absolute atomic E-state index is 0.0448. The second-order valence-electron chi connectivity index (χ2n) is 5.61. The molecule has 0 saturated carbocycles. The van der Waals surface area contributed by atoms with Gasteiger partial charge in [0.15, 0.2) is 0 Å². The van der Waals surface area contributed by atoms with E-state index in [1.165, 1.54) is 0 Å². The lowest BCUT2D eigenvalue weighted by Crippen LogP contribution is -2.37. The third-order valence-corrected chi connectivity index (χ3v) is 3.67. The summed E-state index contributed by atoms with van der Waals surface area (Å²) >= 11 is 0. The smallest absolute Gasteiger partial charge is 0.303 e. The van der Waals surface area contributed by atoms with Gasteiger partial charge >= 0.3 is 5.97 Å². The first kappa shape index (κ1) is 18.2. The highest BCUT2D eigenvalue weighted by Gasteiger charge is 2.09. The average molecular weight is 336 g/mol. The fourth-order valence-corrected chi connectivity index (χ4v) is 2.36. The van der Waals surface area contributed by atoms with Crippen molar-refractivity contribution in [2.24, 2.45) is 0 Å². The number of carbonyl (C=O) groups excluding carboxylic acids is 1. The Morgan fingerprint density at radius 1 is 1.25 bits per heavy atom. The van der Waals surface area contributed by atoms with Crippen molar-refractivity contribution >= 4 is 23.4 Å². The SMILES string of the molecule is O=C(O)CCC(=O)Nc1ccc(NCCCN2CCOCC2)nc1. The van der Waals surface area contributed by atoms with Crippen molar-refractivity contribution in [2.45, 2.75) is 19.3 Å². The molecular formula is C16H24N4O4. The Labute approximate surface area is 141 Å². The lowest BCUT2D eigenvalue weighted by atomic mass is 10.3. The summed E-state index contributed by atoms with van der Waals surface area (Å²) in [6.45, 7) is 5.48. The Kier molecular flexibility index (Phi) is 7.44. The number of hydrogen-bond acceptors (Lipinski definition) is 6. The molecule has 1 fully saturated rings. The van der Waals surface area contributed by atoms with Crippen LogP contribution in [0.1, 0.15) is 19.3 Å². The van der Waals surface area contributed by atoms with E-state index in [0.29, 0.717) is 5.69 Å². The average Bonchev–Trinajstić information content (AvgIpc) is 2.59. The number of carbonyl (C=O) groups is 2. The van der Waals surface area contributed by atoms with Crippen LogP contribution in [-0.4, -0.2) is 66.3 Å². The molecule has 8 nitrogen and oxygen atoms in total. The maximum absolute atomic E-state index is 11.5. The molecule has 1 aliphatic heterocycles. The molecular weight excluding hydrogens is 312 g/mol. The Morgan fingerprint density at radius 2 is 2.04 bits per heavy atom. The molecule has 1 saturated heterocycles. The van der Waals surface area contributed by atoms with Gasteiger partial charge in [-0.15, -0.1) is 0 Å². The molecule has 0 spiro atoms. The number of pyridine rings is 1. The molecule has 8 heteroatoms. The first-order valence-electron chi connectivity index (χ1n) is 8.15. The van der Waals surface area contributed by atoms with Crippen LogP contribution in [0.25, 0.3) is 0 Å². The van der Waals surface area contributed by atoms with Crippen LogP contribution >= 0.6 is 0 Å². The molecule has 0 aromatic carbocycles. The van der Waals surface area contributed by atoms with Gasteiger partial charge in [0.2, 0.25) is 5.91 Å². The zero-order valence-corrected chi connectivity index (χ0v) is 13.7. The third-order valence-electron chi connectivity index (χ3n) is 3.67. The second-order valence-corrected chi connectivity index (χ2v) is 5.61. The first-order chi connectivity index (χ1) is 11.6. The monoisotopic (exact) mass is 336 g/mol. The number of nitrogens with one attached hydrogen (secondary N) is 2. The van der Waals surface area contributed by atoms with Gasteiger partial charge in [-0.05, 0) is 25.1 Å². The van der Waals surface area contributed by atoms with Crippen LogP contribution in [0, 0.1) is 0 Å². The minimum Gasteiger partial charge on any atom is -0.481 e. The molecule has 0 unspecified atom stereocenters. The second kappa shape index (κ2) is 9.84. The van der Waals surface area contributed by atoms with Crippen molar-refractivity contribution in [3.63, 3.8) is 0 Å². The fourth-order valence-electron chi connectivity index (χ4n) is 2.36. The van der Waals surface area contributed by atoms with E-state index in [1.54, 1.807) is 18.3 Å². The van der Waals surface area contributed by atoms with Crippen molar-refractivity contribution in [3.05, 3.63) is 18.3 Å². The quantitative estimate of drug-likeness (QED) is 0.578. The van der Waals surface area contributed by atoms with E-state index in [1.807, 2.05) is 0 Å². The van der Waals surface area contributed by atoms with Gasteiger partial charge in [-0.1, -0.05) is 0 Å². The molecule has 1 aliphatic rings. The molecule has 0 bridgehead atoms. The van der Waals surface area contributed by atoms with Gasteiger partial charge in [0.1, 0.15) is 5.82 Å². The van der Waals surface area contributed by atoms with Crippen LogP contribution in [-0.2, 0) is 14.3 Å². The Morgan fingerprint density at radius 3 is 2.71 bits per heavy atom. The van der Waals surface area contributed by atoms with Gasteiger partial charge < -0.3 is 20.5 Å². The summed E-state index contributed by atoms with van der Waals surface area (Å²) in [6, 6.07) is 3.54. The molecule has 1 aromatic rings. The zero-order valence-electron chi connectivity index (χ0n) is 13.7. The highest BCUT2D eigenvalue weighted by Crippen LogP contribution is 2.10. The number of aliphatic carboxylic acids is 1. The van der Waals surface area contributed by atoms with Crippen LogP contribution in [0.4, 0.5) is 11.5 Å². The van der Waals surface area contributed by atoms with Crippen LogP contribution in [0.15, 0.2) is 18.3 Å². The number of hydrogen-bond donors (Lipinski definition) is 3. The van der Waals surface area contributed by atoms with Crippen molar-refractivity contribution < 1.29 is 19.4 Å². The largest absolute Gasteiger partial charge is 0.481 e. The summed E-state index contributed by atoms with van der Waals surface area (Å²) in [6.07, 6.45) is 2.36. The van der Waals surface area contributed by atoms with E-state index in [9.17, 15) is 9.59 Å². The van der Waals surface area contributed by atoms with Crippen molar-refractivity contribution in [2.75, 3.05) is 50.0 Å². The molecule has 0 radical (unpaired) electrons. The number of morpholine rings is 1. The summed E-state index contributed by atoms with van der Waals surface area (Å²) in [5, 5.41) is 14.4. The molecule has 2 rings (SSSR count). The van der Waals surface area contributed by atoms with E-state index >= 15 is 0 Å². The molecule has 132 valence electrons. The Bertz CT molecular complexity index is 529. The highest BCUT2D eigenvalue weighted by atomic mass is 16.5. The fraction of sp³-hybridized carbons (Fsp3) is 0.562.